The van der Waals surface area contributed by atoms with Crippen LogP contribution in [0.4, 0.5) is 4.79 Å². The molecule has 3 rings (SSSR count). The molecule has 1 aromatic rings. The lowest BCUT2D eigenvalue weighted by molar-refractivity contribution is -0.169. The lowest BCUT2D eigenvalue weighted by Crippen LogP contribution is -2.68. The summed E-state index contributed by atoms with van der Waals surface area (Å²) in [6.45, 7) is 3.25. The lowest BCUT2D eigenvalue weighted by Gasteiger charge is -2.60. The van der Waals surface area contributed by atoms with Gasteiger partial charge in [0.15, 0.2) is 0 Å². The van der Waals surface area contributed by atoms with Crippen LogP contribution in [0.2, 0.25) is 0 Å². The first kappa shape index (κ1) is 16.3. The summed E-state index contributed by atoms with van der Waals surface area (Å²) in [5.74, 6) is 0. The van der Waals surface area contributed by atoms with Crippen LogP contribution >= 0.6 is 0 Å². The molecule has 0 bridgehead atoms. The van der Waals surface area contributed by atoms with Gasteiger partial charge in [0.25, 0.3) is 0 Å². The molecule has 0 saturated heterocycles. The monoisotopic (exact) mass is 318 g/mol. The van der Waals surface area contributed by atoms with Crippen LogP contribution in [0, 0.1) is 5.41 Å². The van der Waals surface area contributed by atoms with Gasteiger partial charge in [-0.1, -0.05) is 30.7 Å². The maximum atomic E-state index is 12.2. The third-order valence-electron chi connectivity index (χ3n) is 5.37. The second-order valence-electron chi connectivity index (χ2n) is 6.62. The molecule has 1 aromatic carbocycles. The van der Waals surface area contributed by atoms with Crippen LogP contribution in [0.3, 0.4) is 0 Å². The summed E-state index contributed by atoms with van der Waals surface area (Å²) in [5.41, 5.74) is 2.03. The molecule has 126 valence electrons. The van der Waals surface area contributed by atoms with E-state index in [0.29, 0.717) is 12.6 Å². The van der Waals surface area contributed by atoms with E-state index in [1.54, 1.807) is 0 Å². The van der Waals surface area contributed by atoms with Crippen molar-refractivity contribution >= 4 is 6.03 Å². The van der Waals surface area contributed by atoms with Gasteiger partial charge in [-0.15, -0.1) is 0 Å². The Morgan fingerprint density at radius 3 is 2.83 bits per heavy atom. The number of urea groups is 1. The molecule has 23 heavy (non-hydrogen) atoms. The highest BCUT2D eigenvalue weighted by atomic mass is 16.5. The third kappa shape index (κ3) is 3.21. The predicted octanol–water partition coefficient (Wildman–Crippen LogP) is 2.33. The maximum Gasteiger partial charge on any atom is 0.315 e. The molecule has 0 aromatic heterocycles. The first-order valence-electron chi connectivity index (χ1n) is 8.52. The van der Waals surface area contributed by atoms with E-state index in [2.05, 4.69) is 10.6 Å². The quantitative estimate of drug-likeness (QED) is 0.754. The van der Waals surface area contributed by atoms with Crippen molar-refractivity contribution in [2.24, 2.45) is 5.41 Å². The molecular weight excluding hydrogens is 292 g/mol. The van der Waals surface area contributed by atoms with Crippen molar-refractivity contribution < 1.29 is 14.6 Å². The van der Waals surface area contributed by atoms with Gasteiger partial charge in [-0.25, -0.2) is 4.79 Å². The van der Waals surface area contributed by atoms with Crippen LogP contribution in [0.15, 0.2) is 24.3 Å². The Balaban J connectivity index is 1.48. The molecule has 0 aliphatic heterocycles. The fourth-order valence-corrected chi connectivity index (χ4v) is 3.87. The zero-order chi connectivity index (χ0) is 16.3. The topological polar surface area (TPSA) is 70.6 Å². The van der Waals surface area contributed by atoms with E-state index in [1.165, 1.54) is 6.42 Å². The highest BCUT2D eigenvalue weighted by molar-refractivity contribution is 5.74. The summed E-state index contributed by atoms with van der Waals surface area (Å²) in [4.78, 5) is 12.2. The summed E-state index contributed by atoms with van der Waals surface area (Å²) in [6, 6.07) is 7.72. The number of amides is 2. The lowest BCUT2D eigenvalue weighted by atomic mass is 9.51. The van der Waals surface area contributed by atoms with Gasteiger partial charge < -0.3 is 20.5 Å². The van der Waals surface area contributed by atoms with Crippen LogP contribution in [0.25, 0.3) is 0 Å². The number of carbonyl (C=O) groups is 1. The van der Waals surface area contributed by atoms with E-state index in [-0.39, 0.29) is 24.1 Å². The van der Waals surface area contributed by atoms with Crippen molar-refractivity contribution in [2.45, 2.75) is 57.9 Å². The number of hydrogen-bond acceptors (Lipinski definition) is 3. The van der Waals surface area contributed by atoms with Gasteiger partial charge >= 0.3 is 6.03 Å². The van der Waals surface area contributed by atoms with Crippen molar-refractivity contribution in [3.63, 3.8) is 0 Å². The summed E-state index contributed by atoms with van der Waals surface area (Å²) < 4.78 is 5.81. The number of nitrogens with one attached hydrogen (secondary N) is 2. The van der Waals surface area contributed by atoms with Crippen LogP contribution in [-0.2, 0) is 17.9 Å². The van der Waals surface area contributed by atoms with E-state index >= 15 is 0 Å². The smallest absolute Gasteiger partial charge is 0.315 e. The molecule has 1 spiro atoms. The molecule has 5 heteroatoms. The second kappa shape index (κ2) is 6.89. The normalized spacial score (nSPS) is 24.6. The third-order valence-corrected chi connectivity index (χ3v) is 5.37. The van der Waals surface area contributed by atoms with Gasteiger partial charge in [-0.2, -0.15) is 0 Å². The number of benzene rings is 1. The Morgan fingerprint density at radius 1 is 1.39 bits per heavy atom. The van der Waals surface area contributed by atoms with Crippen LogP contribution < -0.4 is 10.6 Å². The SMILES string of the molecule is CCO[C@H]1C[C@@H](NC(=O)NCc2cccc(CO)c2)C12CCC2. The number of aliphatic hydroxyl groups excluding tert-OH is 1. The van der Waals surface area contributed by atoms with E-state index in [4.69, 9.17) is 9.84 Å². The van der Waals surface area contributed by atoms with Gasteiger partial charge in [-0.3, -0.25) is 0 Å². The number of rotatable bonds is 6. The fourth-order valence-electron chi connectivity index (χ4n) is 3.87. The van der Waals surface area contributed by atoms with E-state index < -0.39 is 0 Å². The molecule has 5 nitrogen and oxygen atoms in total. The Kier molecular flexibility index (Phi) is 4.87. The molecule has 0 heterocycles. The molecule has 2 atom stereocenters. The van der Waals surface area contributed by atoms with E-state index in [1.807, 2.05) is 31.2 Å². The van der Waals surface area contributed by atoms with E-state index in [0.717, 1.165) is 37.0 Å². The standard InChI is InChI=1S/C18H26N2O3/c1-2-23-16-10-15(18(16)7-4-8-18)20-17(22)19-11-13-5-3-6-14(9-13)12-21/h3,5-6,9,15-16,21H,2,4,7-8,10-12H2,1H3,(H2,19,20,22)/t15-,16+/m1/s1. The zero-order valence-corrected chi connectivity index (χ0v) is 13.7. The molecule has 2 aliphatic carbocycles. The first-order chi connectivity index (χ1) is 11.2. The number of carbonyl (C=O) groups excluding carboxylic acids is 1. The van der Waals surface area contributed by atoms with Gasteiger partial charge in [0.1, 0.15) is 0 Å². The average molecular weight is 318 g/mol. The van der Waals surface area contributed by atoms with Crippen LogP contribution in [0.5, 0.6) is 0 Å². The molecule has 0 radical (unpaired) electrons. The minimum Gasteiger partial charge on any atom is -0.392 e. The summed E-state index contributed by atoms with van der Waals surface area (Å²) >= 11 is 0. The number of ether oxygens (including phenoxy) is 1. The first-order valence-corrected chi connectivity index (χ1v) is 8.52. The van der Waals surface area contributed by atoms with Gasteiger partial charge in [-0.05, 0) is 37.3 Å². The Bertz CT molecular complexity index is 557. The minimum absolute atomic E-state index is 0.0173. The minimum atomic E-state index is -0.120. The largest absolute Gasteiger partial charge is 0.392 e. The van der Waals surface area contributed by atoms with Crippen molar-refractivity contribution in [1.29, 1.82) is 0 Å². The molecule has 2 amide bonds. The molecule has 0 unspecified atom stereocenters. The fraction of sp³-hybridized carbons (Fsp3) is 0.611. The van der Waals surface area contributed by atoms with Crippen LogP contribution in [0.1, 0.15) is 43.7 Å². The maximum absolute atomic E-state index is 12.2. The van der Waals surface area contributed by atoms with Crippen molar-refractivity contribution in [2.75, 3.05) is 6.61 Å². The Labute approximate surface area is 137 Å². The second-order valence-corrected chi connectivity index (χ2v) is 6.62. The molecule has 2 aliphatic rings. The highest BCUT2D eigenvalue weighted by Crippen LogP contribution is 2.57. The van der Waals surface area contributed by atoms with Gasteiger partial charge in [0.05, 0.1) is 12.7 Å². The van der Waals surface area contributed by atoms with E-state index in [9.17, 15) is 4.79 Å². The zero-order valence-electron chi connectivity index (χ0n) is 13.7. The summed E-state index contributed by atoms with van der Waals surface area (Å²) in [5, 5.41) is 15.2. The summed E-state index contributed by atoms with van der Waals surface area (Å²) in [6.07, 6.45) is 4.77. The molecular formula is C18H26N2O3. The molecule has 2 fully saturated rings. The number of aliphatic hydroxyl groups is 1. The van der Waals surface area contributed by atoms with Crippen molar-refractivity contribution in [3.05, 3.63) is 35.4 Å². The number of hydrogen-bond donors (Lipinski definition) is 3. The van der Waals surface area contributed by atoms with Crippen LogP contribution in [-0.4, -0.2) is 29.9 Å². The predicted molar refractivity (Wildman–Crippen MR) is 87.8 cm³/mol. The Hall–Kier alpha value is -1.59. The Morgan fingerprint density at radius 2 is 2.17 bits per heavy atom. The van der Waals surface area contributed by atoms with Gasteiger partial charge in [0, 0.05) is 24.6 Å². The van der Waals surface area contributed by atoms with Crippen molar-refractivity contribution in [3.8, 4) is 0 Å². The van der Waals surface area contributed by atoms with Crippen molar-refractivity contribution in [1.82, 2.24) is 10.6 Å². The summed E-state index contributed by atoms with van der Waals surface area (Å²) in [7, 11) is 0. The molecule has 2 saturated carbocycles. The molecule has 3 N–H and O–H groups in total. The highest BCUT2D eigenvalue weighted by Gasteiger charge is 2.59. The van der Waals surface area contributed by atoms with Gasteiger partial charge in [0.2, 0.25) is 0 Å². The average Bonchev–Trinajstić information content (AvgIpc) is 2.50.